The van der Waals surface area contributed by atoms with E-state index in [1.54, 1.807) is 13.1 Å². The number of imidazole rings is 1. The minimum Gasteiger partial charge on any atom is -0.456 e. The second kappa shape index (κ2) is 8.51. The highest BCUT2D eigenvalue weighted by atomic mass is 32.2. The van der Waals surface area contributed by atoms with Gasteiger partial charge in [-0.25, -0.2) is 22.9 Å². The van der Waals surface area contributed by atoms with Gasteiger partial charge in [-0.1, -0.05) is 6.07 Å². The molecule has 8 nitrogen and oxygen atoms in total. The monoisotopic (exact) mass is 403 g/mol. The Bertz CT molecular complexity index is 1030. The molecule has 3 aromatic rings. The number of pyridine rings is 1. The molecule has 0 saturated heterocycles. The van der Waals surface area contributed by atoms with E-state index in [1.807, 2.05) is 28.8 Å². The van der Waals surface area contributed by atoms with Crippen molar-refractivity contribution in [2.24, 2.45) is 0 Å². The third-order valence-electron chi connectivity index (χ3n) is 3.94. The topological polar surface area (TPSA) is 99.0 Å². The first-order chi connectivity index (χ1) is 13.4. The number of methoxy groups -OCH3 is 1. The lowest BCUT2D eigenvalue weighted by Gasteiger charge is -2.13. The molecular weight excluding hydrogens is 382 g/mol. The maximum absolute atomic E-state index is 12.3. The summed E-state index contributed by atoms with van der Waals surface area (Å²) in [6, 6.07) is 10.8. The molecule has 9 heteroatoms. The molecule has 0 unspecified atom stereocenters. The Morgan fingerprint density at radius 3 is 2.64 bits per heavy atom. The molecule has 0 saturated carbocycles. The molecule has 0 spiro atoms. The Balaban J connectivity index is 1.63. The Labute approximate surface area is 163 Å². The van der Waals surface area contributed by atoms with Crippen LogP contribution in [0, 0.1) is 0 Å². The summed E-state index contributed by atoms with van der Waals surface area (Å²) in [4.78, 5) is 16.6. The average molecular weight is 403 g/mol. The summed E-state index contributed by atoms with van der Waals surface area (Å²) in [5, 5.41) is 0. The number of sulfonamides is 1. The van der Waals surface area contributed by atoms with Crippen LogP contribution in [0.15, 0.2) is 59.8 Å². The number of nitrogens with one attached hydrogen (secondary N) is 1. The molecule has 1 atom stereocenters. The van der Waals surface area contributed by atoms with Crippen LogP contribution in [-0.4, -0.2) is 43.5 Å². The second-order valence-electron chi connectivity index (χ2n) is 6.28. The van der Waals surface area contributed by atoms with Crippen molar-refractivity contribution in [1.82, 2.24) is 14.1 Å². The zero-order chi connectivity index (χ0) is 20.1. The largest absolute Gasteiger partial charge is 0.456 e. The Kier molecular flexibility index (Phi) is 6.08. The molecule has 0 aliphatic heterocycles. The van der Waals surface area contributed by atoms with Gasteiger partial charge < -0.3 is 13.9 Å². The molecular formula is C19H21N3O5S. The van der Waals surface area contributed by atoms with Gasteiger partial charge in [0.15, 0.2) is 0 Å². The predicted octanol–water partition coefficient (Wildman–Crippen LogP) is 2.00. The van der Waals surface area contributed by atoms with E-state index in [4.69, 9.17) is 9.47 Å². The molecule has 148 valence electrons. The fourth-order valence-electron chi connectivity index (χ4n) is 2.67. The summed E-state index contributed by atoms with van der Waals surface area (Å²) >= 11 is 0. The van der Waals surface area contributed by atoms with Crippen LogP contribution in [0.4, 0.5) is 0 Å². The average Bonchev–Trinajstić information content (AvgIpc) is 3.09. The van der Waals surface area contributed by atoms with E-state index in [-0.39, 0.29) is 29.7 Å². The molecule has 2 heterocycles. The highest BCUT2D eigenvalue weighted by Crippen LogP contribution is 2.13. The zero-order valence-corrected chi connectivity index (χ0v) is 16.3. The van der Waals surface area contributed by atoms with Gasteiger partial charge >= 0.3 is 5.97 Å². The number of fused-ring (bicyclic) bond motifs is 1. The SMILES string of the molecule is COC[C@@H](C)NS(=O)(=O)c1ccc(C(=O)OCc2cn3ccccc3n2)cc1. The summed E-state index contributed by atoms with van der Waals surface area (Å²) in [7, 11) is -2.19. The molecule has 0 bridgehead atoms. The molecule has 1 N–H and O–H groups in total. The van der Waals surface area contributed by atoms with E-state index in [1.165, 1.54) is 31.4 Å². The van der Waals surface area contributed by atoms with E-state index < -0.39 is 16.0 Å². The summed E-state index contributed by atoms with van der Waals surface area (Å²) in [6.45, 7) is 1.98. The summed E-state index contributed by atoms with van der Waals surface area (Å²) in [5.74, 6) is -0.554. The van der Waals surface area contributed by atoms with Crippen molar-refractivity contribution in [3.63, 3.8) is 0 Å². The molecule has 0 aliphatic carbocycles. The third-order valence-corrected chi connectivity index (χ3v) is 5.54. The van der Waals surface area contributed by atoms with Crippen LogP contribution in [-0.2, 0) is 26.1 Å². The molecule has 28 heavy (non-hydrogen) atoms. The van der Waals surface area contributed by atoms with Crippen LogP contribution < -0.4 is 4.72 Å². The first kappa shape index (κ1) is 20.0. The van der Waals surface area contributed by atoms with Crippen molar-refractivity contribution in [2.75, 3.05) is 13.7 Å². The maximum atomic E-state index is 12.3. The minimum atomic E-state index is -3.69. The summed E-state index contributed by atoms with van der Waals surface area (Å²) in [5.41, 5.74) is 1.64. The Morgan fingerprint density at radius 1 is 1.21 bits per heavy atom. The number of aromatic nitrogens is 2. The van der Waals surface area contributed by atoms with E-state index in [0.29, 0.717) is 5.69 Å². The quantitative estimate of drug-likeness (QED) is 0.578. The van der Waals surface area contributed by atoms with Crippen molar-refractivity contribution < 1.29 is 22.7 Å². The molecule has 0 aliphatic rings. The van der Waals surface area contributed by atoms with Gasteiger partial charge in [-0.2, -0.15) is 0 Å². The second-order valence-corrected chi connectivity index (χ2v) is 7.99. The van der Waals surface area contributed by atoms with Crippen LogP contribution in [0.1, 0.15) is 23.0 Å². The fraction of sp³-hybridized carbons (Fsp3) is 0.263. The zero-order valence-electron chi connectivity index (χ0n) is 15.5. The van der Waals surface area contributed by atoms with Crippen LogP contribution >= 0.6 is 0 Å². The number of hydrogen-bond donors (Lipinski definition) is 1. The standard InChI is InChI=1S/C19H21N3O5S/c1-14(12-26-2)21-28(24,25)17-8-6-15(7-9-17)19(23)27-13-16-11-22-10-4-3-5-18(22)20-16/h3-11,14,21H,12-13H2,1-2H3/t14-/m1/s1. The fourth-order valence-corrected chi connectivity index (χ4v) is 3.89. The van der Waals surface area contributed by atoms with E-state index >= 15 is 0 Å². The van der Waals surface area contributed by atoms with Crippen molar-refractivity contribution in [3.8, 4) is 0 Å². The van der Waals surface area contributed by atoms with Crippen LogP contribution in [0.5, 0.6) is 0 Å². The lowest BCUT2D eigenvalue weighted by atomic mass is 10.2. The predicted molar refractivity (Wildman–Crippen MR) is 102 cm³/mol. The summed E-state index contributed by atoms with van der Waals surface area (Å²) < 4.78 is 39.1. The lowest BCUT2D eigenvalue weighted by Crippen LogP contribution is -2.35. The lowest BCUT2D eigenvalue weighted by molar-refractivity contribution is 0.0468. The highest BCUT2D eigenvalue weighted by Gasteiger charge is 2.18. The normalized spacial score (nSPS) is 12.8. The highest BCUT2D eigenvalue weighted by molar-refractivity contribution is 7.89. The first-order valence-electron chi connectivity index (χ1n) is 8.60. The molecule has 0 radical (unpaired) electrons. The Morgan fingerprint density at radius 2 is 1.96 bits per heavy atom. The van der Waals surface area contributed by atoms with Crippen molar-refractivity contribution in [2.45, 2.75) is 24.5 Å². The maximum Gasteiger partial charge on any atom is 0.338 e. The van der Waals surface area contributed by atoms with Gasteiger partial charge in [0.1, 0.15) is 12.3 Å². The number of esters is 1. The smallest absolute Gasteiger partial charge is 0.338 e. The molecule has 1 aromatic carbocycles. The van der Waals surface area contributed by atoms with Gasteiger partial charge in [0.25, 0.3) is 0 Å². The number of hydrogen-bond acceptors (Lipinski definition) is 6. The van der Waals surface area contributed by atoms with Crippen molar-refractivity contribution in [3.05, 3.63) is 66.1 Å². The van der Waals surface area contributed by atoms with E-state index in [2.05, 4.69) is 9.71 Å². The van der Waals surface area contributed by atoms with Gasteiger partial charge in [-0.15, -0.1) is 0 Å². The summed E-state index contributed by atoms with van der Waals surface area (Å²) in [6.07, 6.45) is 3.64. The van der Waals surface area contributed by atoms with Crippen LogP contribution in [0.2, 0.25) is 0 Å². The van der Waals surface area contributed by atoms with Gasteiger partial charge in [0, 0.05) is 25.5 Å². The van der Waals surface area contributed by atoms with Gasteiger partial charge in [-0.3, -0.25) is 0 Å². The Hall–Kier alpha value is -2.75. The minimum absolute atomic E-state index is 0.0245. The number of rotatable bonds is 8. The number of ether oxygens (including phenoxy) is 2. The van der Waals surface area contributed by atoms with Crippen molar-refractivity contribution >= 4 is 21.6 Å². The molecule has 0 amide bonds. The molecule has 2 aromatic heterocycles. The number of benzene rings is 1. The van der Waals surface area contributed by atoms with E-state index in [9.17, 15) is 13.2 Å². The van der Waals surface area contributed by atoms with Crippen LogP contribution in [0.3, 0.4) is 0 Å². The van der Waals surface area contributed by atoms with Crippen LogP contribution in [0.25, 0.3) is 5.65 Å². The van der Waals surface area contributed by atoms with Gasteiger partial charge in [0.05, 0.1) is 22.8 Å². The molecule has 0 fully saturated rings. The number of nitrogens with zero attached hydrogens (tertiary/aromatic N) is 2. The van der Waals surface area contributed by atoms with Crippen molar-refractivity contribution in [1.29, 1.82) is 0 Å². The third kappa shape index (κ3) is 4.75. The van der Waals surface area contributed by atoms with Gasteiger partial charge in [0.2, 0.25) is 10.0 Å². The first-order valence-corrected chi connectivity index (χ1v) is 10.1. The van der Waals surface area contributed by atoms with Gasteiger partial charge in [-0.05, 0) is 43.3 Å². The number of carbonyl (C=O) groups excluding carboxylic acids is 1. The molecule has 3 rings (SSSR count). The number of carbonyl (C=O) groups is 1. The van der Waals surface area contributed by atoms with E-state index in [0.717, 1.165) is 5.65 Å².